The van der Waals surface area contributed by atoms with E-state index >= 15 is 0 Å². The van der Waals surface area contributed by atoms with E-state index in [1.54, 1.807) is 14.2 Å². The van der Waals surface area contributed by atoms with Crippen molar-refractivity contribution in [2.75, 3.05) is 14.2 Å². The lowest BCUT2D eigenvalue weighted by molar-refractivity contribution is 0.410. The fourth-order valence-corrected chi connectivity index (χ4v) is 3.90. The summed E-state index contributed by atoms with van der Waals surface area (Å²) in [6, 6.07) is 14.3. The molecular weight excluding hydrogens is 346 g/mol. The van der Waals surface area contributed by atoms with Crippen molar-refractivity contribution in [2.24, 2.45) is 5.73 Å². The molecule has 0 saturated heterocycles. The summed E-state index contributed by atoms with van der Waals surface area (Å²) < 4.78 is 10.6. The van der Waals surface area contributed by atoms with Gasteiger partial charge in [0.15, 0.2) is 5.11 Å². The van der Waals surface area contributed by atoms with Crippen LogP contribution in [-0.4, -0.2) is 24.3 Å². The van der Waals surface area contributed by atoms with Crippen LogP contribution >= 0.6 is 12.2 Å². The molecule has 1 aliphatic carbocycles. The van der Waals surface area contributed by atoms with Crippen LogP contribution in [0.15, 0.2) is 48.0 Å². The Balaban J connectivity index is 1.80. The first-order valence-electron chi connectivity index (χ1n) is 8.52. The maximum atomic E-state index is 6.02. The number of hydrogen-bond donors (Lipinski definition) is 2. The molecule has 5 nitrogen and oxygen atoms in total. The number of methoxy groups -OCH3 is 2. The van der Waals surface area contributed by atoms with Gasteiger partial charge >= 0.3 is 0 Å². The number of aryl methyl sites for hydroxylation is 1. The molecule has 0 radical (unpaired) electrons. The largest absolute Gasteiger partial charge is 0.497 e. The smallest absolute Gasteiger partial charge is 0.185 e. The van der Waals surface area contributed by atoms with E-state index in [2.05, 4.69) is 29.7 Å². The number of rotatable bonds is 3. The van der Waals surface area contributed by atoms with Crippen molar-refractivity contribution in [3.8, 4) is 11.5 Å². The second-order valence-electron chi connectivity index (χ2n) is 6.41. The summed E-state index contributed by atoms with van der Waals surface area (Å²) in [7, 11) is 3.36. The number of ether oxygens (including phenoxy) is 2. The molecule has 1 atom stereocenters. The molecule has 0 spiro atoms. The van der Waals surface area contributed by atoms with Crippen molar-refractivity contribution in [3.63, 3.8) is 0 Å². The Morgan fingerprint density at radius 1 is 1.08 bits per heavy atom. The van der Waals surface area contributed by atoms with Crippen LogP contribution in [0.2, 0.25) is 0 Å². The minimum Gasteiger partial charge on any atom is -0.497 e. The van der Waals surface area contributed by atoms with Gasteiger partial charge in [-0.2, -0.15) is 0 Å². The average Bonchev–Trinajstić information content (AvgIpc) is 3.08. The summed E-state index contributed by atoms with van der Waals surface area (Å²) in [4.78, 5) is 0. The summed E-state index contributed by atoms with van der Waals surface area (Å²) in [6.07, 6.45) is 1.91. The van der Waals surface area contributed by atoms with Crippen LogP contribution in [0.1, 0.15) is 29.2 Å². The SMILES string of the molecule is COc1ccc(C2NN(C(N)=S)C3=C2CCc2cc(OC)ccc23)cc1. The Labute approximate surface area is 158 Å². The molecule has 6 heteroatoms. The van der Waals surface area contributed by atoms with Crippen LogP contribution in [-0.2, 0) is 6.42 Å². The molecular formula is C20H21N3O2S. The van der Waals surface area contributed by atoms with Crippen LogP contribution in [0.4, 0.5) is 0 Å². The highest BCUT2D eigenvalue weighted by molar-refractivity contribution is 7.80. The standard InChI is InChI=1S/C20H21N3O2S/c1-24-14-6-3-12(4-7-14)18-17-9-5-13-11-15(25-2)8-10-16(13)19(17)23(22-18)20(21)26/h3-4,6-8,10-11,18,22H,5,9H2,1-2H3,(H2,21,26). The number of hydrogen-bond acceptors (Lipinski definition) is 4. The van der Waals surface area contributed by atoms with Gasteiger partial charge in [0.05, 0.1) is 26.0 Å². The van der Waals surface area contributed by atoms with Gasteiger partial charge in [0, 0.05) is 5.56 Å². The van der Waals surface area contributed by atoms with Gasteiger partial charge in [0.2, 0.25) is 0 Å². The normalized spacial score (nSPS) is 18.4. The summed E-state index contributed by atoms with van der Waals surface area (Å²) in [5, 5.41) is 2.15. The highest BCUT2D eigenvalue weighted by Gasteiger charge is 2.37. The molecule has 1 aliphatic heterocycles. The van der Waals surface area contributed by atoms with E-state index in [9.17, 15) is 0 Å². The molecule has 26 heavy (non-hydrogen) atoms. The van der Waals surface area contributed by atoms with Crippen molar-refractivity contribution < 1.29 is 9.47 Å². The maximum Gasteiger partial charge on any atom is 0.185 e. The number of nitrogens with zero attached hydrogens (tertiary/aromatic N) is 1. The Kier molecular flexibility index (Phi) is 4.30. The summed E-state index contributed by atoms with van der Waals surface area (Å²) in [5.74, 6) is 1.71. The molecule has 0 fully saturated rings. The van der Waals surface area contributed by atoms with E-state index < -0.39 is 0 Å². The highest BCUT2D eigenvalue weighted by atomic mass is 32.1. The number of nitrogens with two attached hydrogens (primary N) is 1. The zero-order valence-corrected chi connectivity index (χ0v) is 15.6. The van der Waals surface area contributed by atoms with Crippen molar-refractivity contribution in [2.45, 2.75) is 18.9 Å². The fourth-order valence-electron chi connectivity index (χ4n) is 3.76. The van der Waals surface area contributed by atoms with E-state index in [1.807, 2.05) is 23.2 Å². The molecule has 2 aromatic rings. The molecule has 1 heterocycles. The molecule has 1 unspecified atom stereocenters. The summed E-state index contributed by atoms with van der Waals surface area (Å²) >= 11 is 5.31. The Morgan fingerprint density at radius 3 is 2.42 bits per heavy atom. The quantitative estimate of drug-likeness (QED) is 0.813. The first-order valence-corrected chi connectivity index (χ1v) is 8.93. The fraction of sp³-hybridized carbons (Fsp3) is 0.250. The molecule has 0 aromatic heterocycles. The predicted molar refractivity (Wildman–Crippen MR) is 106 cm³/mol. The van der Waals surface area contributed by atoms with Gasteiger partial charge in [0.25, 0.3) is 0 Å². The van der Waals surface area contributed by atoms with Gasteiger partial charge in [0.1, 0.15) is 11.5 Å². The van der Waals surface area contributed by atoms with Crippen LogP contribution in [0.25, 0.3) is 5.70 Å². The van der Waals surface area contributed by atoms with Gasteiger partial charge in [-0.05, 0) is 72.1 Å². The molecule has 2 aliphatic rings. The predicted octanol–water partition coefficient (Wildman–Crippen LogP) is 3.17. The number of thiocarbonyl (C=S) groups is 1. The first-order chi connectivity index (χ1) is 12.6. The number of hydrazine groups is 1. The van der Waals surface area contributed by atoms with Gasteiger partial charge in [-0.25, -0.2) is 5.43 Å². The van der Waals surface area contributed by atoms with Crippen molar-refractivity contribution >= 4 is 23.0 Å². The zero-order valence-electron chi connectivity index (χ0n) is 14.8. The third kappa shape index (κ3) is 2.71. The molecule has 134 valence electrons. The third-order valence-electron chi connectivity index (χ3n) is 5.04. The van der Waals surface area contributed by atoms with Crippen molar-refractivity contribution in [3.05, 3.63) is 64.7 Å². The number of nitrogens with one attached hydrogen (secondary N) is 1. The number of fused-ring (bicyclic) bond motifs is 2. The van der Waals surface area contributed by atoms with E-state index in [0.29, 0.717) is 5.11 Å². The zero-order chi connectivity index (χ0) is 18.3. The minimum atomic E-state index is 0.0488. The molecule has 0 amide bonds. The van der Waals surface area contributed by atoms with Crippen molar-refractivity contribution in [1.82, 2.24) is 10.4 Å². The third-order valence-corrected chi connectivity index (χ3v) is 5.22. The summed E-state index contributed by atoms with van der Waals surface area (Å²) in [6.45, 7) is 0. The molecule has 4 rings (SSSR count). The van der Waals surface area contributed by atoms with Gasteiger partial charge in [-0.1, -0.05) is 12.1 Å². The van der Waals surface area contributed by atoms with Gasteiger partial charge in [-0.3, -0.25) is 5.01 Å². The van der Waals surface area contributed by atoms with E-state index in [1.165, 1.54) is 11.1 Å². The lowest BCUT2D eigenvalue weighted by atomic mass is 9.85. The second kappa shape index (κ2) is 6.63. The van der Waals surface area contributed by atoms with Crippen molar-refractivity contribution in [1.29, 1.82) is 0 Å². The Bertz CT molecular complexity index is 892. The topological polar surface area (TPSA) is 59.8 Å². The van der Waals surface area contributed by atoms with Crippen LogP contribution in [0, 0.1) is 0 Å². The minimum absolute atomic E-state index is 0.0488. The molecule has 3 N–H and O–H groups in total. The van der Waals surface area contributed by atoms with Crippen LogP contribution in [0.5, 0.6) is 11.5 Å². The second-order valence-corrected chi connectivity index (χ2v) is 6.82. The highest BCUT2D eigenvalue weighted by Crippen LogP contribution is 2.44. The first kappa shape index (κ1) is 16.9. The van der Waals surface area contributed by atoms with E-state index in [-0.39, 0.29) is 6.04 Å². The number of benzene rings is 2. The van der Waals surface area contributed by atoms with E-state index in [4.69, 9.17) is 27.4 Å². The Hall–Kier alpha value is -2.57. The average molecular weight is 367 g/mol. The lowest BCUT2D eigenvalue weighted by Gasteiger charge is -2.25. The lowest BCUT2D eigenvalue weighted by Crippen LogP contribution is -2.41. The van der Waals surface area contributed by atoms with Gasteiger partial charge in [-0.15, -0.1) is 0 Å². The monoisotopic (exact) mass is 367 g/mol. The van der Waals surface area contributed by atoms with E-state index in [0.717, 1.165) is 41.2 Å². The molecule has 0 saturated carbocycles. The summed E-state index contributed by atoms with van der Waals surface area (Å²) in [5.41, 5.74) is 15.4. The molecule has 0 bridgehead atoms. The van der Waals surface area contributed by atoms with Crippen LogP contribution < -0.4 is 20.6 Å². The Morgan fingerprint density at radius 2 is 1.77 bits per heavy atom. The molecule has 2 aromatic carbocycles. The maximum absolute atomic E-state index is 6.02. The van der Waals surface area contributed by atoms with Gasteiger partial charge < -0.3 is 15.2 Å². The van der Waals surface area contributed by atoms with Crippen LogP contribution in [0.3, 0.4) is 0 Å².